The Morgan fingerprint density at radius 3 is 2.86 bits per heavy atom. The molecule has 0 bridgehead atoms. The minimum Gasteiger partial charge on any atom is -0.383 e. The molecule has 1 rings (SSSR count). The molecule has 0 fully saturated rings. The van der Waals surface area contributed by atoms with E-state index < -0.39 is 0 Å². The fourth-order valence-corrected chi connectivity index (χ4v) is 1.54. The lowest BCUT2D eigenvalue weighted by molar-refractivity contribution is -0.117. The highest BCUT2D eigenvalue weighted by atomic mass is 16.1. The quantitative estimate of drug-likeness (QED) is 0.797. The zero-order valence-electron chi connectivity index (χ0n) is 8.87. The number of nitrogens with two attached hydrogens (primary N) is 1. The van der Waals surface area contributed by atoms with Gasteiger partial charge < -0.3 is 10.5 Å². The molecule has 0 saturated carbocycles. The number of nitrogens with zero attached hydrogens (tertiary/aromatic N) is 1. The molecule has 1 unspecified atom stereocenters. The Kier molecular flexibility index (Phi) is 3.23. The molecule has 2 N–H and O–H groups in total. The average Bonchev–Trinajstić information content (AvgIpc) is 2.08. The molecule has 1 aromatic rings. The van der Waals surface area contributed by atoms with Gasteiger partial charge in [-0.15, -0.1) is 0 Å². The summed E-state index contributed by atoms with van der Waals surface area (Å²) >= 11 is 0. The lowest BCUT2D eigenvalue weighted by atomic mass is 9.96. The van der Waals surface area contributed by atoms with E-state index in [2.05, 4.69) is 4.98 Å². The number of carbonyl (C=O) groups excluding carboxylic acids is 1. The van der Waals surface area contributed by atoms with Crippen molar-refractivity contribution in [2.45, 2.75) is 33.1 Å². The van der Waals surface area contributed by atoms with Gasteiger partial charge in [-0.1, -0.05) is 13.0 Å². The third kappa shape index (κ3) is 2.55. The number of hydrogen-bond acceptors (Lipinski definition) is 3. The Labute approximate surface area is 84.3 Å². The maximum absolute atomic E-state index is 11.0. The normalized spacial score (nSPS) is 12.5. The van der Waals surface area contributed by atoms with Gasteiger partial charge in [-0.2, -0.15) is 0 Å². The van der Waals surface area contributed by atoms with Crippen LogP contribution in [0.1, 0.15) is 37.3 Å². The minimum atomic E-state index is 0.153. The van der Waals surface area contributed by atoms with Crippen molar-refractivity contribution in [1.29, 1.82) is 0 Å². The molecule has 1 atom stereocenters. The van der Waals surface area contributed by atoms with Crippen LogP contribution in [-0.4, -0.2) is 10.8 Å². The lowest BCUT2D eigenvalue weighted by Gasteiger charge is -2.12. The maximum Gasteiger partial charge on any atom is 0.130 e. The molecule has 0 aliphatic rings. The number of hydrogen-bond donors (Lipinski definition) is 1. The Morgan fingerprint density at radius 2 is 2.29 bits per heavy atom. The number of anilines is 1. The summed E-state index contributed by atoms with van der Waals surface area (Å²) in [5.41, 5.74) is 7.79. The molecule has 0 spiro atoms. The molecule has 1 aromatic heterocycles. The summed E-state index contributed by atoms with van der Waals surface area (Å²) in [6, 6.07) is 2.00. The van der Waals surface area contributed by atoms with Crippen molar-refractivity contribution in [1.82, 2.24) is 4.98 Å². The van der Waals surface area contributed by atoms with E-state index in [1.165, 1.54) is 0 Å². The summed E-state index contributed by atoms with van der Waals surface area (Å²) in [7, 11) is 0. The molecule has 0 aliphatic carbocycles. The topological polar surface area (TPSA) is 56.0 Å². The van der Waals surface area contributed by atoms with Gasteiger partial charge in [0.1, 0.15) is 11.6 Å². The summed E-state index contributed by atoms with van der Waals surface area (Å²) in [5, 5.41) is 0. The van der Waals surface area contributed by atoms with Gasteiger partial charge in [0.25, 0.3) is 0 Å². The van der Waals surface area contributed by atoms with Gasteiger partial charge in [-0.3, -0.25) is 0 Å². The molecule has 3 nitrogen and oxygen atoms in total. The average molecular weight is 192 g/mol. The Hall–Kier alpha value is -1.38. The third-order valence-electron chi connectivity index (χ3n) is 2.21. The van der Waals surface area contributed by atoms with Crippen LogP contribution < -0.4 is 5.73 Å². The van der Waals surface area contributed by atoms with Crippen molar-refractivity contribution in [2.75, 3.05) is 5.73 Å². The third-order valence-corrected chi connectivity index (χ3v) is 2.21. The summed E-state index contributed by atoms with van der Waals surface area (Å²) in [6.07, 6.45) is 2.26. The molecule has 0 radical (unpaired) electrons. The van der Waals surface area contributed by atoms with E-state index in [1.807, 2.05) is 19.9 Å². The smallest absolute Gasteiger partial charge is 0.130 e. The first-order chi connectivity index (χ1) is 6.50. The molecular formula is C11H16N2O. The number of nitrogen functional groups attached to an aromatic ring is 1. The highest BCUT2D eigenvalue weighted by Gasteiger charge is 2.12. The molecule has 14 heavy (non-hydrogen) atoms. The first kappa shape index (κ1) is 10.7. The van der Waals surface area contributed by atoms with Crippen LogP contribution >= 0.6 is 0 Å². The first-order valence-electron chi connectivity index (χ1n) is 4.72. The van der Waals surface area contributed by atoms with E-state index in [1.54, 1.807) is 13.1 Å². The van der Waals surface area contributed by atoms with E-state index in [4.69, 9.17) is 5.73 Å². The van der Waals surface area contributed by atoms with E-state index in [0.717, 1.165) is 11.1 Å². The summed E-state index contributed by atoms with van der Waals surface area (Å²) < 4.78 is 0. The van der Waals surface area contributed by atoms with Gasteiger partial charge in [0.05, 0.1) is 0 Å². The molecule has 76 valence electrons. The highest BCUT2D eigenvalue weighted by molar-refractivity contribution is 5.76. The molecule has 1 heterocycles. The number of pyridine rings is 1. The number of ketones is 1. The summed E-state index contributed by atoms with van der Waals surface area (Å²) in [5.74, 6) is 0.864. The van der Waals surface area contributed by atoms with Crippen molar-refractivity contribution >= 4 is 11.6 Å². The van der Waals surface area contributed by atoms with Gasteiger partial charge in [-0.05, 0) is 30.9 Å². The minimum absolute atomic E-state index is 0.153. The van der Waals surface area contributed by atoms with Crippen LogP contribution in [0.15, 0.2) is 12.3 Å². The molecule has 0 amide bonds. The van der Waals surface area contributed by atoms with Crippen molar-refractivity contribution in [2.24, 2.45) is 0 Å². The second kappa shape index (κ2) is 4.22. The largest absolute Gasteiger partial charge is 0.383 e. The van der Waals surface area contributed by atoms with Crippen molar-refractivity contribution in [3.8, 4) is 0 Å². The monoisotopic (exact) mass is 192 g/mol. The fraction of sp³-hybridized carbons (Fsp3) is 0.455. The van der Waals surface area contributed by atoms with Crippen molar-refractivity contribution in [3.05, 3.63) is 23.4 Å². The van der Waals surface area contributed by atoms with Crippen molar-refractivity contribution < 1.29 is 4.79 Å². The highest BCUT2D eigenvalue weighted by Crippen LogP contribution is 2.24. The van der Waals surface area contributed by atoms with Crippen LogP contribution in [-0.2, 0) is 4.79 Å². The zero-order valence-corrected chi connectivity index (χ0v) is 8.87. The standard InChI is InChI=1S/C11H16N2O/c1-7-4-10(11(12)13-6-7)8(2)5-9(3)14/h4,6,8H,5H2,1-3H3,(H2,12,13). The predicted octanol–water partition coefficient (Wildman–Crippen LogP) is 2.05. The number of Topliss-reactive ketones (excluding diaryl/α,β-unsaturated/α-hetero) is 1. The van der Waals surface area contributed by atoms with Crippen LogP contribution in [0.5, 0.6) is 0 Å². The molecule has 0 aromatic carbocycles. The zero-order chi connectivity index (χ0) is 10.7. The van der Waals surface area contributed by atoms with Crippen LogP contribution in [0, 0.1) is 6.92 Å². The van der Waals surface area contributed by atoms with E-state index in [-0.39, 0.29) is 11.7 Å². The maximum atomic E-state index is 11.0. The van der Waals surface area contributed by atoms with Crippen LogP contribution in [0.3, 0.4) is 0 Å². The molecule has 3 heteroatoms. The van der Waals surface area contributed by atoms with Crippen molar-refractivity contribution in [3.63, 3.8) is 0 Å². The number of carbonyl (C=O) groups is 1. The van der Waals surface area contributed by atoms with Crippen LogP contribution in [0.4, 0.5) is 5.82 Å². The fourth-order valence-electron chi connectivity index (χ4n) is 1.54. The van der Waals surface area contributed by atoms with E-state index >= 15 is 0 Å². The number of aromatic nitrogens is 1. The van der Waals surface area contributed by atoms with Gasteiger partial charge in [0.2, 0.25) is 0 Å². The Morgan fingerprint density at radius 1 is 1.64 bits per heavy atom. The van der Waals surface area contributed by atoms with Gasteiger partial charge in [-0.25, -0.2) is 4.98 Å². The summed E-state index contributed by atoms with van der Waals surface area (Å²) in [6.45, 7) is 5.56. The van der Waals surface area contributed by atoms with E-state index in [0.29, 0.717) is 12.2 Å². The van der Waals surface area contributed by atoms with E-state index in [9.17, 15) is 4.79 Å². The molecule has 0 saturated heterocycles. The second-order valence-electron chi connectivity index (χ2n) is 3.79. The Bertz CT molecular complexity index is 347. The van der Waals surface area contributed by atoms with Crippen LogP contribution in [0.25, 0.3) is 0 Å². The number of aryl methyl sites for hydroxylation is 1. The lowest BCUT2D eigenvalue weighted by Crippen LogP contribution is -2.05. The predicted molar refractivity (Wildman–Crippen MR) is 57.1 cm³/mol. The van der Waals surface area contributed by atoms with Gasteiger partial charge in [0, 0.05) is 12.6 Å². The van der Waals surface area contributed by atoms with Gasteiger partial charge in [0.15, 0.2) is 0 Å². The SMILES string of the molecule is CC(=O)CC(C)c1cc(C)cnc1N. The second-order valence-corrected chi connectivity index (χ2v) is 3.79. The summed E-state index contributed by atoms with van der Waals surface area (Å²) in [4.78, 5) is 15.0. The van der Waals surface area contributed by atoms with Gasteiger partial charge >= 0.3 is 0 Å². The number of rotatable bonds is 3. The van der Waals surface area contributed by atoms with Crippen LogP contribution in [0.2, 0.25) is 0 Å². The Balaban J connectivity index is 2.93. The molecular weight excluding hydrogens is 176 g/mol. The molecule has 0 aliphatic heterocycles. The first-order valence-corrected chi connectivity index (χ1v) is 4.72.